The summed E-state index contributed by atoms with van der Waals surface area (Å²) in [6.07, 6.45) is -0.242. The van der Waals surface area contributed by atoms with Crippen LogP contribution in [0.4, 0.5) is 0 Å². The van der Waals surface area contributed by atoms with Crippen LogP contribution in [0.1, 0.15) is 20.3 Å². The van der Waals surface area contributed by atoms with Gasteiger partial charge in [0.25, 0.3) is 0 Å². The van der Waals surface area contributed by atoms with Crippen LogP contribution in [0.2, 0.25) is 0 Å². The van der Waals surface area contributed by atoms with Crippen LogP contribution in [-0.2, 0) is 25.5 Å². The molecule has 0 bridgehead atoms. The average Bonchev–Trinajstić information content (AvgIpc) is 3.25. The molecule has 2 aromatic heterocycles. The molecular weight excluding hydrogens is 496 g/mol. The van der Waals surface area contributed by atoms with Gasteiger partial charge in [-0.25, -0.2) is 9.80 Å². The molecule has 14 heteroatoms. The van der Waals surface area contributed by atoms with Crippen LogP contribution in [0.15, 0.2) is 23.1 Å². The number of aromatic nitrogens is 2. The van der Waals surface area contributed by atoms with Crippen LogP contribution >= 0.6 is 11.8 Å². The molecular formula is C22H36N4O9S. The molecule has 36 heavy (non-hydrogen) atoms. The summed E-state index contributed by atoms with van der Waals surface area (Å²) in [6, 6.07) is 3.73. The zero-order valence-corrected chi connectivity index (χ0v) is 21.6. The van der Waals surface area contributed by atoms with Crippen LogP contribution in [0.5, 0.6) is 23.5 Å². The first-order valence-corrected chi connectivity index (χ1v) is 12.1. The number of methoxy groups -OCH3 is 1. The summed E-state index contributed by atoms with van der Waals surface area (Å²) in [7, 11) is 1.61. The van der Waals surface area contributed by atoms with Gasteiger partial charge in [-0.3, -0.25) is 10.4 Å². The van der Waals surface area contributed by atoms with Crippen molar-refractivity contribution in [3.8, 4) is 23.5 Å². The molecule has 204 valence electrons. The van der Waals surface area contributed by atoms with Gasteiger partial charge in [-0.1, -0.05) is 0 Å². The van der Waals surface area contributed by atoms with Crippen molar-refractivity contribution in [2.24, 2.45) is 5.84 Å². The predicted molar refractivity (Wildman–Crippen MR) is 131 cm³/mol. The first kappa shape index (κ1) is 29.6. The summed E-state index contributed by atoms with van der Waals surface area (Å²) in [5, 5.41) is 41.6. The molecule has 6 N–H and O–H groups in total. The molecule has 0 unspecified atom stereocenters. The van der Waals surface area contributed by atoms with Crippen molar-refractivity contribution in [1.82, 2.24) is 14.3 Å². The van der Waals surface area contributed by atoms with Gasteiger partial charge < -0.3 is 39.5 Å². The number of hydrogen-bond donors (Lipinski definition) is 5. The maximum Gasteiger partial charge on any atom is 0.335 e. The number of carbonyl (C=O) groups is 1. The van der Waals surface area contributed by atoms with E-state index in [2.05, 4.69) is 0 Å². The minimum absolute atomic E-state index is 0.0875. The Bertz CT molecular complexity index is 944. The summed E-state index contributed by atoms with van der Waals surface area (Å²) in [5.41, 5.74) is 0. The second-order valence-electron chi connectivity index (χ2n) is 8.45. The molecule has 0 radical (unpaired) electrons. The van der Waals surface area contributed by atoms with Crippen molar-refractivity contribution < 1.29 is 44.3 Å². The van der Waals surface area contributed by atoms with Crippen LogP contribution in [0.3, 0.4) is 0 Å². The minimum atomic E-state index is -0.790. The Labute approximate surface area is 213 Å². The number of nitrogens with zero attached hydrogens (tertiary/aromatic N) is 3. The summed E-state index contributed by atoms with van der Waals surface area (Å²) >= 11 is 1.32. The Morgan fingerprint density at radius 3 is 2.28 bits per heavy atom. The molecule has 0 aliphatic rings. The normalized spacial score (nSPS) is 11.9. The zero-order chi connectivity index (χ0) is 26.7. The van der Waals surface area contributed by atoms with E-state index in [1.807, 2.05) is 13.8 Å². The smallest absolute Gasteiger partial charge is 0.335 e. The van der Waals surface area contributed by atoms with Crippen molar-refractivity contribution in [3.63, 3.8) is 0 Å². The SMILES string of the molecule is COCCOCCOCCN(N)CC(C)(C)Sc1cc(O)n(CCC(=O)On2c(O)ccc2O)c1O. The van der Waals surface area contributed by atoms with Crippen molar-refractivity contribution >= 4 is 17.7 Å². The van der Waals surface area contributed by atoms with Gasteiger partial charge in [-0.15, -0.1) is 16.5 Å². The van der Waals surface area contributed by atoms with Crippen LogP contribution < -0.4 is 10.7 Å². The van der Waals surface area contributed by atoms with Crippen LogP contribution in [0, 0.1) is 0 Å². The summed E-state index contributed by atoms with van der Waals surface area (Å²) in [5.74, 6) is 4.00. The third-order valence-electron chi connectivity index (χ3n) is 4.84. The minimum Gasteiger partial charge on any atom is -0.494 e. The first-order chi connectivity index (χ1) is 17.0. The highest BCUT2D eigenvalue weighted by molar-refractivity contribution is 8.00. The van der Waals surface area contributed by atoms with E-state index in [0.717, 1.165) is 16.7 Å². The Morgan fingerprint density at radius 2 is 1.64 bits per heavy atom. The lowest BCUT2D eigenvalue weighted by atomic mass is 10.2. The lowest BCUT2D eigenvalue weighted by molar-refractivity contribution is -0.145. The third-order valence-corrected chi connectivity index (χ3v) is 6.04. The number of thioether (sulfide) groups is 1. The van der Waals surface area contributed by atoms with Gasteiger partial charge in [0.15, 0.2) is 5.88 Å². The Balaban J connectivity index is 1.80. The number of ether oxygens (including phenoxy) is 3. The lowest BCUT2D eigenvalue weighted by Crippen LogP contribution is -2.43. The molecule has 2 aromatic rings. The summed E-state index contributed by atoms with van der Waals surface area (Å²) in [4.78, 5) is 17.4. The maximum atomic E-state index is 12.1. The molecule has 13 nitrogen and oxygen atoms in total. The molecule has 0 saturated heterocycles. The van der Waals surface area contributed by atoms with Gasteiger partial charge in [0.05, 0.1) is 44.4 Å². The average molecular weight is 533 g/mol. The van der Waals surface area contributed by atoms with E-state index in [0.29, 0.717) is 55.7 Å². The molecule has 0 spiro atoms. The largest absolute Gasteiger partial charge is 0.494 e. The van der Waals surface area contributed by atoms with E-state index in [1.54, 1.807) is 12.1 Å². The molecule has 0 aliphatic carbocycles. The van der Waals surface area contributed by atoms with E-state index in [4.69, 9.17) is 24.9 Å². The fourth-order valence-corrected chi connectivity index (χ4v) is 4.38. The highest BCUT2D eigenvalue weighted by Crippen LogP contribution is 2.42. The van der Waals surface area contributed by atoms with E-state index in [-0.39, 0.29) is 24.7 Å². The van der Waals surface area contributed by atoms with E-state index >= 15 is 0 Å². The Hall–Kier alpha value is -2.62. The number of aromatic hydroxyl groups is 4. The quantitative estimate of drug-likeness (QED) is 0.0843. The van der Waals surface area contributed by atoms with Gasteiger partial charge in [-0.05, 0) is 13.8 Å². The fourth-order valence-electron chi connectivity index (χ4n) is 3.19. The number of rotatable bonds is 17. The Kier molecular flexibility index (Phi) is 11.7. The van der Waals surface area contributed by atoms with Crippen molar-refractivity contribution in [2.45, 2.75) is 36.5 Å². The molecule has 2 rings (SSSR count). The van der Waals surface area contributed by atoms with Gasteiger partial charge in [-0.2, -0.15) is 0 Å². The third kappa shape index (κ3) is 9.44. The fraction of sp³-hybridized carbons (Fsp3) is 0.591. The maximum absolute atomic E-state index is 12.1. The van der Waals surface area contributed by atoms with E-state index in [9.17, 15) is 25.2 Å². The first-order valence-electron chi connectivity index (χ1n) is 11.3. The predicted octanol–water partition coefficient (Wildman–Crippen LogP) is 0.883. The van der Waals surface area contributed by atoms with E-state index < -0.39 is 22.5 Å². The molecule has 0 aliphatic heterocycles. The second kappa shape index (κ2) is 14.2. The zero-order valence-electron chi connectivity index (χ0n) is 20.8. The molecule has 0 aromatic carbocycles. The van der Waals surface area contributed by atoms with Gasteiger partial charge in [0.1, 0.15) is 0 Å². The molecule has 0 fully saturated rings. The summed E-state index contributed by atoms with van der Waals surface area (Å²) in [6.45, 7) is 7.19. The number of carbonyl (C=O) groups excluding carboxylic acids is 1. The molecule has 0 amide bonds. The van der Waals surface area contributed by atoms with Crippen molar-refractivity contribution in [3.05, 3.63) is 18.2 Å². The molecule has 2 heterocycles. The number of nitrogens with two attached hydrogens (primary N) is 1. The topological polar surface area (TPSA) is 174 Å². The molecule has 0 atom stereocenters. The highest BCUT2D eigenvalue weighted by Gasteiger charge is 2.26. The highest BCUT2D eigenvalue weighted by atomic mass is 32.2. The number of hydrazine groups is 1. The number of hydrogen-bond acceptors (Lipinski definition) is 12. The second-order valence-corrected chi connectivity index (χ2v) is 10.2. The Morgan fingerprint density at radius 1 is 1.03 bits per heavy atom. The van der Waals surface area contributed by atoms with E-state index in [1.165, 1.54) is 17.8 Å². The monoisotopic (exact) mass is 532 g/mol. The van der Waals surface area contributed by atoms with Crippen LogP contribution in [-0.4, -0.2) is 98.7 Å². The standard InChI is InChI=1S/C22H36N4O9S/c1-22(2,15-24(23)8-9-33-12-13-34-11-10-32-3)36-16-14-19(29)25(21(16)31)7-6-20(30)35-26-17(27)4-5-18(26)28/h4-5,14,27-29,31H,6-13,15,23H2,1-3H3. The van der Waals surface area contributed by atoms with Gasteiger partial charge in [0.2, 0.25) is 17.6 Å². The molecule has 0 saturated carbocycles. The van der Waals surface area contributed by atoms with Crippen molar-refractivity contribution in [2.75, 3.05) is 53.2 Å². The lowest BCUT2D eigenvalue weighted by Gasteiger charge is -2.29. The van der Waals surface area contributed by atoms with Gasteiger partial charge >= 0.3 is 5.97 Å². The van der Waals surface area contributed by atoms with Crippen LogP contribution in [0.25, 0.3) is 0 Å². The summed E-state index contributed by atoms with van der Waals surface area (Å²) < 4.78 is 17.0. The van der Waals surface area contributed by atoms with Gasteiger partial charge in [0, 0.05) is 49.7 Å². The van der Waals surface area contributed by atoms with Crippen molar-refractivity contribution in [1.29, 1.82) is 0 Å².